The van der Waals surface area contributed by atoms with Crippen LogP contribution in [0.5, 0.6) is 5.75 Å². The Hall–Kier alpha value is -3.19. The van der Waals surface area contributed by atoms with Gasteiger partial charge in [-0.2, -0.15) is 0 Å². The van der Waals surface area contributed by atoms with Gasteiger partial charge >= 0.3 is 0 Å². The number of imidazole rings is 1. The highest BCUT2D eigenvalue weighted by Gasteiger charge is 2.28. The fourth-order valence-corrected chi connectivity index (χ4v) is 4.46. The van der Waals surface area contributed by atoms with Crippen molar-refractivity contribution in [2.75, 3.05) is 24.7 Å². The molecule has 0 radical (unpaired) electrons. The normalized spacial score (nSPS) is 16.3. The van der Waals surface area contributed by atoms with Crippen molar-refractivity contribution in [2.45, 2.75) is 45.3 Å². The number of hydrogen-bond donors (Lipinski definition) is 1. The topological polar surface area (TPSA) is 76.2 Å². The Labute approximate surface area is 187 Å². The number of H-pyrrole nitrogens is 1. The largest absolute Gasteiger partial charge is 0.491 e. The molecule has 0 bridgehead atoms. The molecule has 5 rings (SSSR count). The lowest BCUT2D eigenvalue weighted by Gasteiger charge is -2.26. The summed E-state index contributed by atoms with van der Waals surface area (Å²) in [5.74, 6) is 1.82. The minimum Gasteiger partial charge on any atom is -0.491 e. The number of benzene rings is 2. The van der Waals surface area contributed by atoms with Gasteiger partial charge in [-0.25, -0.2) is 15.0 Å². The molecule has 1 aliphatic heterocycles. The van der Waals surface area contributed by atoms with Crippen LogP contribution in [-0.4, -0.2) is 45.7 Å². The predicted molar refractivity (Wildman–Crippen MR) is 126 cm³/mol. The van der Waals surface area contributed by atoms with E-state index in [1.54, 1.807) is 12.7 Å². The molecule has 3 heterocycles. The molecule has 0 amide bonds. The maximum absolute atomic E-state index is 6.39. The third-order valence-corrected chi connectivity index (χ3v) is 6.16. The molecule has 1 unspecified atom stereocenters. The fourth-order valence-electron chi connectivity index (χ4n) is 4.46. The lowest BCUT2D eigenvalue weighted by molar-refractivity contribution is 0.119. The smallest absolute Gasteiger partial charge is 0.182 e. The van der Waals surface area contributed by atoms with Crippen LogP contribution in [0.25, 0.3) is 21.9 Å². The molecule has 2 aromatic carbocycles. The number of nitrogens with one attached hydrogen (secondary N) is 1. The van der Waals surface area contributed by atoms with Crippen molar-refractivity contribution in [2.24, 2.45) is 0 Å². The Morgan fingerprint density at radius 3 is 2.91 bits per heavy atom. The van der Waals surface area contributed by atoms with Gasteiger partial charge in [0.05, 0.1) is 19.0 Å². The van der Waals surface area contributed by atoms with Crippen LogP contribution in [0.1, 0.15) is 38.2 Å². The second-order valence-corrected chi connectivity index (χ2v) is 8.27. The molecule has 32 heavy (non-hydrogen) atoms. The van der Waals surface area contributed by atoms with Gasteiger partial charge in [0.25, 0.3) is 0 Å². The summed E-state index contributed by atoms with van der Waals surface area (Å²) < 4.78 is 12.3. The van der Waals surface area contributed by atoms with Crippen molar-refractivity contribution in [1.29, 1.82) is 0 Å². The second-order valence-electron chi connectivity index (χ2n) is 8.27. The molecule has 1 fully saturated rings. The zero-order valence-corrected chi connectivity index (χ0v) is 18.5. The number of rotatable bonds is 9. The average Bonchev–Trinajstić information content (AvgIpc) is 3.50. The monoisotopic (exact) mass is 431 g/mol. The highest BCUT2D eigenvalue weighted by Crippen LogP contribution is 2.32. The summed E-state index contributed by atoms with van der Waals surface area (Å²) >= 11 is 0. The van der Waals surface area contributed by atoms with E-state index in [-0.39, 0.29) is 6.04 Å². The number of hydrogen-bond acceptors (Lipinski definition) is 6. The van der Waals surface area contributed by atoms with Crippen LogP contribution < -0.4 is 9.64 Å². The Morgan fingerprint density at radius 1 is 1.09 bits per heavy atom. The quantitative estimate of drug-likeness (QED) is 0.381. The van der Waals surface area contributed by atoms with Gasteiger partial charge < -0.3 is 19.4 Å². The lowest BCUT2D eigenvalue weighted by Crippen LogP contribution is -2.35. The van der Waals surface area contributed by atoms with Crippen molar-refractivity contribution in [1.82, 2.24) is 19.9 Å². The molecule has 7 nitrogen and oxygen atoms in total. The van der Waals surface area contributed by atoms with E-state index >= 15 is 0 Å². The van der Waals surface area contributed by atoms with Crippen molar-refractivity contribution in [3.05, 3.63) is 54.6 Å². The molecule has 0 aliphatic carbocycles. The average molecular weight is 432 g/mol. The molecule has 1 saturated heterocycles. The summed E-state index contributed by atoms with van der Waals surface area (Å²) in [6.45, 7) is 5.17. The summed E-state index contributed by atoms with van der Waals surface area (Å²) in [6.07, 6.45) is 7.68. The highest BCUT2D eigenvalue weighted by atomic mass is 16.5. The maximum atomic E-state index is 6.39. The first-order valence-electron chi connectivity index (χ1n) is 11.5. The third-order valence-electron chi connectivity index (χ3n) is 6.16. The Balaban J connectivity index is 1.33. The van der Waals surface area contributed by atoms with Gasteiger partial charge in [-0.3, -0.25) is 0 Å². The van der Waals surface area contributed by atoms with E-state index in [4.69, 9.17) is 9.47 Å². The van der Waals surface area contributed by atoms with Crippen LogP contribution in [-0.2, 0) is 11.3 Å². The molecule has 1 atom stereocenters. The molecule has 7 heteroatoms. The first kappa shape index (κ1) is 20.7. The van der Waals surface area contributed by atoms with Gasteiger partial charge in [-0.15, -0.1) is 0 Å². The second kappa shape index (κ2) is 9.53. The molecule has 0 saturated carbocycles. The van der Waals surface area contributed by atoms with Crippen LogP contribution in [0.3, 0.4) is 0 Å². The summed E-state index contributed by atoms with van der Waals surface area (Å²) in [4.78, 5) is 18.6. The Morgan fingerprint density at radius 2 is 2.00 bits per heavy atom. The van der Waals surface area contributed by atoms with Gasteiger partial charge in [-0.05, 0) is 36.3 Å². The van der Waals surface area contributed by atoms with E-state index < -0.39 is 0 Å². The van der Waals surface area contributed by atoms with E-state index in [0.29, 0.717) is 18.9 Å². The third kappa shape index (κ3) is 4.12. The molecule has 1 N–H and O–H groups in total. The molecule has 1 aliphatic rings. The maximum Gasteiger partial charge on any atom is 0.182 e. The molecule has 0 spiro atoms. The van der Waals surface area contributed by atoms with Crippen LogP contribution in [0, 0.1) is 0 Å². The molecule has 2 aromatic heterocycles. The minimum atomic E-state index is 0.257. The van der Waals surface area contributed by atoms with Crippen molar-refractivity contribution < 1.29 is 9.47 Å². The number of fused-ring (bicyclic) bond motifs is 2. The first-order chi connectivity index (χ1) is 15.8. The Bertz CT molecular complexity index is 1190. The summed E-state index contributed by atoms with van der Waals surface area (Å²) in [6, 6.07) is 12.9. The van der Waals surface area contributed by atoms with Crippen molar-refractivity contribution >= 4 is 27.8 Å². The number of nitrogens with zero attached hydrogens (tertiary/aromatic N) is 4. The van der Waals surface area contributed by atoms with Crippen LogP contribution in [0.4, 0.5) is 5.82 Å². The standard InChI is InChI=1S/C25H29N5O2/c1-2-3-13-31-14-18-10-11-22(21-9-5-4-8-20(18)21)32-15-19-7-6-12-30(19)25-23-24(27-16-26-23)28-17-29-25/h4-5,8-11,16-17,19H,2-3,6-7,12-15H2,1H3,(H,26,27,28,29). The molecule has 4 aromatic rings. The van der Waals surface area contributed by atoms with E-state index in [1.807, 2.05) is 0 Å². The lowest BCUT2D eigenvalue weighted by atomic mass is 10.0. The number of ether oxygens (including phenoxy) is 2. The Kier molecular flexibility index (Phi) is 6.16. The van der Waals surface area contributed by atoms with Crippen LogP contribution in [0.2, 0.25) is 0 Å². The van der Waals surface area contributed by atoms with Gasteiger partial charge in [0.1, 0.15) is 24.2 Å². The first-order valence-corrected chi connectivity index (χ1v) is 11.5. The van der Waals surface area contributed by atoms with Crippen LogP contribution in [0.15, 0.2) is 49.1 Å². The van der Waals surface area contributed by atoms with E-state index in [1.165, 1.54) is 10.9 Å². The van der Waals surface area contributed by atoms with Crippen molar-refractivity contribution in [3.8, 4) is 5.75 Å². The van der Waals surface area contributed by atoms with E-state index in [2.05, 4.69) is 68.2 Å². The van der Waals surface area contributed by atoms with Gasteiger partial charge in [0.15, 0.2) is 11.5 Å². The fraction of sp³-hybridized carbons (Fsp3) is 0.400. The zero-order chi connectivity index (χ0) is 21.8. The summed E-state index contributed by atoms with van der Waals surface area (Å²) in [5, 5.41) is 2.33. The number of unbranched alkanes of at least 4 members (excludes halogenated alkanes) is 1. The predicted octanol–water partition coefficient (Wildman–Crippen LogP) is 4.87. The van der Waals surface area contributed by atoms with Gasteiger partial charge in [-0.1, -0.05) is 43.7 Å². The highest BCUT2D eigenvalue weighted by molar-refractivity contribution is 5.91. The van der Waals surface area contributed by atoms with E-state index in [9.17, 15) is 0 Å². The van der Waals surface area contributed by atoms with Crippen LogP contribution >= 0.6 is 0 Å². The summed E-state index contributed by atoms with van der Waals surface area (Å²) in [7, 11) is 0. The number of anilines is 1. The minimum absolute atomic E-state index is 0.257. The summed E-state index contributed by atoms with van der Waals surface area (Å²) in [5.41, 5.74) is 2.79. The number of aromatic amines is 1. The molecular weight excluding hydrogens is 402 g/mol. The van der Waals surface area contributed by atoms with Crippen molar-refractivity contribution in [3.63, 3.8) is 0 Å². The van der Waals surface area contributed by atoms with E-state index in [0.717, 1.165) is 61.3 Å². The SMILES string of the molecule is CCCCOCc1ccc(OCC2CCCN2c2ncnc3nc[nH]c23)c2ccccc12. The van der Waals surface area contributed by atoms with Gasteiger partial charge in [0, 0.05) is 18.5 Å². The zero-order valence-electron chi connectivity index (χ0n) is 18.5. The number of aromatic nitrogens is 4. The molecule has 166 valence electrons. The van der Waals surface area contributed by atoms with Gasteiger partial charge in [0.2, 0.25) is 0 Å². The molecular formula is C25H29N5O2.